The van der Waals surface area contributed by atoms with Crippen molar-refractivity contribution in [2.45, 2.75) is 0 Å². The first-order chi connectivity index (χ1) is 14.2. The maximum Gasteiger partial charge on any atom is 0.296 e. The number of hydrogen-bond donors (Lipinski definition) is 1. The maximum absolute atomic E-state index is 11.0. The number of amides is 1. The number of nitrogens with one attached hydrogen (secondary N) is 1. The lowest BCUT2D eigenvalue weighted by atomic mass is 10.0. The van der Waals surface area contributed by atoms with Gasteiger partial charge in [0.05, 0.1) is 11.3 Å². The molecule has 4 aromatic rings. The molecule has 0 fully saturated rings. The summed E-state index contributed by atoms with van der Waals surface area (Å²) < 4.78 is 0. The van der Waals surface area contributed by atoms with Crippen molar-refractivity contribution < 1.29 is 9.59 Å². The van der Waals surface area contributed by atoms with Crippen LogP contribution in [0, 0.1) is 0 Å². The van der Waals surface area contributed by atoms with Crippen LogP contribution in [0.3, 0.4) is 0 Å². The van der Waals surface area contributed by atoms with Gasteiger partial charge in [-0.15, -0.1) is 0 Å². The minimum Gasteiger partial charge on any atom is -0.318 e. The Morgan fingerprint density at radius 2 is 0.862 bits per heavy atom. The molecular weight excluding hydrogens is 358 g/mol. The number of Topliss-reactive ketones (excluding diaryl/α,β-unsaturated/α-hetero) is 1. The number of ketones is 1. The summed E-state index contributed by atoms with van der Waals surface area (Å²) in [6.07, 6.45) is 0. The topological polar surface area (TPSA) is 46.2 Å². The van der Waals surface area contributed by atoms with Gasteiger partial charge >= 0.3 is 0 Å². The predicted octanol–water partition coefficient (Wildman–Crippen LogP) is 5.84. The van der Waals surface area contributed by atoms with Gasteiger partial charge in [0.15, 0.2) is 0 Å². The van der Waals surface area contributed by atoms with Gasteiger partial charge in [-0.1, -0.05) is 97.1 Å². The Kier molecular flexibility index (Phi) is 5.30. The van der Waals surface area contributed by atoms with Crippen molar-refractivity contribution in [1.29, 1.82) is 0 Å². The number of hydrogen-bond acceptors (Lipinski definition) is 2. The van der Waals surface area contributed by atoms with Crippen LogP contribution < -0.4 is 5.32 Å². The van der Waals surface area contributed by atoms with Gasteiger partial charge in [0.2, 0.25) is 0 Å². The van der Waals surface area contributed by atoms with Crippen molar-refractivity contribution in [1.82, 2.24) is 0 Å². The molecule has 29 heavy (non-hydrogen) atoms. The fourth-order valence-electron chi connectivity index (χ4n) is 3.21. The molecule has 0 aliphatic carbocycles. The van der Waals surface area contributed by atoms with Gasteiger partial charge in [0.1, 0.15) is 0 Å². The van der Waals surface area contributed by atoms with Gasteiger partial charge < -0.3 is 5.32 Å². The Labute approximate surface area is 169 Å². The summed E-state index contributed by atoms with van der Waals surface area (Å²) in [4.78, 5) is 21.8. The standard InChI is InChI=1S/C18H14.C8H5NO2/c1-3-7-15(8-4-1)17-11-13-18(14-12-17)16-9-5-2-6-10-16;10-7-5-3-1-2-4-6(5)9-8(7)11/h1-14H;1-4H,(H,9,10,11). The van der Waals surface area contributed by atoms with Crippen LogP contribution in [0.1, 0.15) is 10.4 Å². The molecule has 1 amide bonds. The van der Waals surface area contributed by atoms with Crippen LogP contribution in [-0.4, -0.2) is 11.7 Å². The second kappa shape index (κ2) is 8.36. The third-order valence-corrected chi connectivity index (χ3v) is 4.73. The van der Waals surface area contributed by atoms with E-state index in [1.165, 1.54) is 22.3 Å². The summed E-state index contributed by atoms with van der Waals surface area (Å²) >= 11 is 0. The van der Waals surface area contributed by atoms with E-state index in [-0.39, 0.29) is 0 Å². The van der Waals surface area contributed by atoms with Crippen LogP contribution in [0.15, 0.2) is 109 Å². The highest BCUT2D eigenvalue weighted by molar-refractivity contribution is 6.51. The zero-order chi connectivity index (χ0) is 20.1. The van der Waals surface area contributed by atoms with E-state index in [0.717, 1.165) is 0 Å². The highest BCUT2D eigenvalue weighted by Crippen LogP contribution is 2.24. The fourth-order valence-corrected chi connectivity index (χ4v) is 3.21. The molecule has 1 N–H and O–H groups in total. The lowest BCUT2D eigenvalue weighted by Crippen LogP contribution is -2.12. The van der Waals surface area contributed by atoms with E-state index >= 15 is 0 Å². The molecule has 140 valence electrons. The average molecular weight is 377 g/mol. The summed E-state index contributed by atoms with van der Waals surface area (Å²) in [7, 11) is 0. The SMILES string of the molecule is O=C1Nc2ccccc2C1=O.c1ccc(-c2ccc(-c3ccccc3)cc2)cc1. The van der Waals surface area contributed by atoms with Crippen LogP contribution in [0.5, 0.6) is 0 Å². The van der Waals surface area contributed by atoms with Crippen molar-refractivity contribution >= 4 is 17.4 Å². The van der Waals surface area contributed by atoms with E-state index < -0.39 is 11.7 Å². The van der Waals surface area contributed by atoms with Crippen molar-refractivity contribution in [3.63, 3.8) is 0 Å². The van der Waals surface area contributed by atoms with E-state index in [4.69, 9.17) is 0 Å². The molecule has 3 heteroatoms. The summed E-state index contributed by atoms with van der Waals surface area (Å²) in [5, 5.41) is 2.46. The highest BCUT2D eigenvalue weighted by atomic mass is 16.2. The van der Waals surface area contributed by atoms with Crippen molar-refractivity contribution in [2.24, 2.45) is 0 Å². The summed E-state index contributed by atoms with van der Waals surface area (Å²) in [6.45, 7) is 0. The Bertz CT molecular complexity index is 1080. The number of para-hydroxylation sites is 1. The minimum absolute atomic E-state index is 0.444. The Morgan fingerprint density at radius 3 is 1.34 bits per heavy atom. The van der Waals surface area contributed by atoms with E-state index in [2.05, 4.69) is 78.1 Å². The molecule has 3 nitrogen and oxygen atoms in total. The highest BCUT2D eigenvalue weighted by Gasteiger charge is 2.26. The van der Waals surface area contributed by atoms with Gasteiger partial charge in [-0.05, 0) is 34.4 Å². The molecule has 0 radical (unpaired) electrons. The third kappa shape index (κ3) is 4.14. The molecule has 4 aromatic carbocycles. The molecule has 1 heterocycles. The van der Waals surface area contributed by atoms with Gasteiger partial charge in [0.25, 0.3) is 11.7 Å². The van der Waals surface area contributed by atoms with E-state index in [9.17, 15) is 9.59 Å². The first kappa shape index (κ1) is 18.4. The smallest absolute Gasteiger partial charge is 0.296 e. The number of carbonyl (C=O) groups excluding carboxylic acids is 2. The number of anilines is 1. The number of fused-ring (bicyclic) bond motifs is 1. The van der Waals surface area contributed by atoms with Crippen LogP contribution in [0.2, 0.25) is 0 Å². The van der Waals surface area contributed by atoms with Crippen LogP contribution >= 0.6 is 0 Å². The van der Waals surface area contributed by atoms with E-state index in [0.29, 0.717) is 11.3 Å². The van der Waals surface area contributed by atoms with Crippen LogP contribution in [0.25, 0.3) is 22.3 Å². The largest absolute Gasteiger partial charge is 0.318 e. The second-order valence-corrected chi connectivity index (χ2v) is 6.64. The quantitative estimate of drug-likeness (QED) is 0.446. The van der Waals surface area contributed by atoms with E-state index in [1.807, 2.05) is 12.1 Å². The third-order valence-electron chi connectivity index (χ3n) is 4.73. The monoisotopic (exact) mass is 377 g/mol. The number of rotatable bonds is 2. The van der Waals surface area contributed by atoms with Crippen molar-refractivity contribution in [3.8, 4) is 22.3 Å². The van der Waals surface area contributed by atoms with E-state index in [1.54, 1.807) is 24.3 Å². The lowest BCUT2D eigenvalue weighted by Gasteiger charge is -2.04. The first-order valence-electron chi connectivity index (χ1n) is 9.38. The molecule has 1 aliphatic heterocycles. The normalized spacial score (nSPS) is 11.9. The first-order valence-corrected chi connectivity index (χ1v) is 9.38. The van der Waals surface area contributed by atoms with Crippen LogP contribution in [-0.2, 0) is 4.79 Å². The molecule has 0 spiro atoms. The van der Waals surface area contributed by atoms with Crippen LogP contribution in [0.4, 0.5) is 5.69 Å². The van der Waals surface area contributed by atoms with Gasteiger partial charge in [-0.25, -0.2) is 0 Å². The molecule has 0 bridgehead atoms. The zero-order valence-electron chi connectivity index (χ0n) is 15.7. The van der Waals surface area contributed by atoms with Crippen molar-refractivity contribution in [2.75, 3.05) is 5.32 Å². The summed E-state index contributed by atoms with van der Waals surface area (Å²) in [6, 6.07) is 36.5. The fraction of sp³-hybridized carbons (Fsp3) is 0. The average Bonchev–Trinajstić information content (AvgIpc) is 3.09. The Balaban J connectivity index is 0.000000159. The lowest BCUT2D eigenvalue weighted by molar-refractivity contribution is -0.112. The minimum atomic E-state index is -0.536. The molecule has 0 aromatic heterocycles. The van der Waals surface area contributed by atoms with Gasteiger partial charge in [0, 0.05) is 0 Å². The molecule has 0 saturated carbocycles. The number of carbonyl (C=O) groups is 2. The van der Waals surface area contributed by atoms with Crippen molar-refractivity contribution in [3.05, 3.63) is 115 Å². The maximum atomic E-state index is 11.0. The molecule has 0 saturated heterocycles. The molecule has 1 aliphatic rings. The second-order valence-electron chi connectivity index (χ2n) is 6.64. The Hall–Kier alpha value is -3.98. The number of benzene rings is 4. The zero-order valence-corrected chi connectivity index (χ0v) is 15.7. The molecule has 0 atom stereocenters. The molecule has 0 unspecified atom stereocenters. The summed E-state index contributed by atoms with van der Waals surface area (Å²) in [5.74, 6) is -0.980. The Morgan fingerprint density at radius 1 is 0.448 bits per heavy atom. The molecular formula is C26H19NO2. The van der Waals surface area contributed by atoms with Gasteiger partial charge in [-0.3, -0.25) is 9.59 Å². The predicted molar refractivity (Wildman–Crippen MR) is 117 cm³/mol. The summed E-state index contributed by atoms with van der Waals surface area (Å²) in [5.41, 5.74) is 6.12. The van der Waals surface area contributed by atoms with Gasteiger partial charge in [-0.2, -0.15) is 0 Å². The molecule has 5 rings (SSSR count).